The maximum Gasteiger partial charge on any atom is 0.416 e. The van der Waals surface area contributed by atoms with Crippen LogP contribution in [-0.2, 0) is 12.7 Å². The molecule has 0 spiro atoms. The molecule has 0 heterocycles. The van der Waals surface area contributed by atoms with Crippen molar-refractivity contribution in [3.05, 3.63) is 65.0 Å². The summed E-state index contributed by atoms with van der Waals surface area (Å²) in [7, 11) is 0. The molecule has 0 aliphatic heterocycles. The van der Waals surface area contributed by atoms with Gasteiger partial charge in [-0.2, -0.15) is 13.2 Å². The summed E-state index contributed by atoms with van der Waals surface area (Å²) >= 11 is 0. The van der Waals surface area contributed by atoms with Gasteiger partial charge in [-0.15, -0.1) is 0 Å². The molecule has 0 bridgehead atoms. The van der Waals surface area contributed by atoms with Gasteiger partial charge in [0.05, 0.1) is 5.56 Å². The van der Waals surface area contributed by atoms with Gasteiger partial charge in [0.1, 0.15) is 5.82 Å². The first-order valence-corrected chi connectivity index (χ1v) is 6.02. The number of hydrogen-bond donors (Lipinski definition) is 1. The Morgan fingerprint density at radius 1 is 1.05 bits per heavy atom. The van der Waals surface area contributed by atoms with Crippen LogP contribution in [0.1, 0.15) is 16.7 Å². The fraction of sp³-hybridized carbons (Fsp3) is 0.200. The van der Waals surface area contributed by atoms with Crippen molar-refractivity contribution in [2.24, 2.45) is 0 Å². The van der Waals surface area contributed by atoms with Gasteiger partial charge in [-0.05, 0) is 48.4 Å². The number of rotatable bonds is 3. The Morgan fingerprint density at radius 2 is 1.80 bits per heavy atom. The number of alkyl halides is 3. The number of halogens is 4. The third kappa shape index (κ3) is 3.50. The highest BCUT2D eigenvalue weighted by Gasteiger charge is 2.30. The average Bonchev–Trinajstić information content (AvgIpc) is 2.37. The van der Waals surface area contributed by atoms with E-state index in [2.05, 4.69) is 5.32 Å². The lowest BCUT2D eigenvalue weighted by Crippen LogP contribution is -2.07. The van der Waals surface area contributed by atoms with Crippen LogP contribution in [0.25, 0.3) is 0 Å². The summed E-state index contributed by atoms with van der Waals surface area (Å²) in [5.41, 5.74) is 1.25. The lowest BCUT2D eigenvalue weighted by Gasteiger charge is -2.12. The molecule has 0 saturated carbocycles. The average molecular weight is 283 g/mol. The Morgan fingerprint density at radius 3 is 2.45 bits per heavy atom. The van der Waals surface area contributed by atoms with Gasteiger partial charge in [-0.3, -0.25) is 0 Å². The van der Waals surface area contributed by atoms with Crippen molar-refractivity contribution in [3.8, 4) is 0 Å². The van der Waals surface area contributed by atoms with Crippen LogP contribution in [0.15, 0.2) is 42.5 Å². The van der Waals surface area contributed by atoms with Gasteiger partial charge in [0.25, 0.3) is 0 Å². The van der Waals surface area contributed by atoms with E-state index in [0.717, 1.165) is 12.1 Å². The number of nitrogens with one attached hydrogen (secondary N) is 1. The van der Waals surface area contributed by atoms with E-state index in [4.69, 9.17) is 0 Å². The minimum atomic E-state index is -4.35. The molecule has 106 valence electrons. The van der Waals surface area contributed by atoms with E-state index in [1.807, 2.05) is 0 Å². The lowest BCUT2D eigenvalue weighted by molar-refractivity contribution is -0.137. The normalized spacial score (nSPS) is 11.4. The van der Waals surface area contributed by atoms with Crippen LogP contribution in [0.5, 0.6) is 0 Å². The number of anilines is 1. The Bertz CT molecular complexity index is 605. The maximum absolute atomic E-state index is 12.9. The summed E-state index contributed by atoms with van der Waals surface area (Å²) in [6.07, 6.45) is -4.35. The summed E-state index contributed by atoms with van der Waals surface area (Å²) in [5.74, 6) is -0.341. The Kier molecular flexibility index (Phi) is 3.97. The van der Waals surface area contributed by atoms with Crippen LogP contribution in [-0.4, -0.2) is 0 Å². The zero-order chi connectivity index (χ0) is 14.8. The van der Waals surface area contributed by atoms with Crippen LogP contribution in [0.4, 0.5) is 23.2 Å². The van der Waals surface area contributed by atoms with Gasteiger partial charge in [-0.1, -0.05) is 12.1 Å². The van der Waals surface area contributed by atoms with Crippen molar-refractivity contribution >= 4 is 5.69 Å². The minimum Gasteiger partial charge on any atom is -0.381 e. The van der Waals surface area contributed by atoms with E-state index >= 15 is 0 Å². The molecular formula is C15H13F4N. The predicted molar refractivity (Wildman–Crippen MR) is 69.9 cm³/mol. The zero-order valence-corrected chi connectivity index (χ0v) is 10.8. The fourth-order valence-electron chi connectivity index (χ4n) is 1.88. The van der Waals surface area contributed by atoms with E-state index in [9.17, 15) is 17.6 Å². The summed E-state index contributed by atoms with van der Waals surface area (Å²) in [4.78, 5) is 0. The van der Waals surface area contributed by atoms with Crippen LogP contribution >= 0.6 is 0 Å². The third-order valence-corrected chi connectivity index (χ3v) is 2.93. The standard InChI is InChI=1S/C15H13F4N/c1-10-7-13(16)5-6-14(10)20-9-11-3-2-4-12(8-11)15(17,18)19/h2-8,20H,9H2,1H3. The van der Waals surface area contributed by atoms with Crippen molar-refractivity contribution in [3.63, 3.8) is 0 Å². The molecule has 0 amide bonds. The van der Waals surface area contributed by atoms with Crippen LogP contribution < -0.4 is 5.32 Å². The summed E-state index contributed by atoms with van der Waals surface area (Å²) in [5, 5.41) is 3.00. The summed E-state index contributed by atoms with van der Waals surface area (Å²) in [6, 6.07) is 9.37. The first-order chi connectivity index (χ1) is 9.36. The highest BCUT2D eigenvalue weighted by Crippen LogP contribution is 2.29. The monoisotopic (exact) mass is 283 g/mol. The maximum atomic E-state index is 12.9. The number of benzene rings is 2. The second-order valence-corrected chi connectivity index (χ2v) is 4.51. The first kappa shape index (κ1) is 14.4. The summed E-state index contributed by atoms with van der Waals surface area (Å²) in [6.45, 7) is 1.98. The Balaban J connectivity index is 2.11. The van der Waals surface area contributed by atoms with E-state index in [1.165, 1.54) is 18.2 Å². The molecule has 2 rings (SSSR count). The highest BCUT2D eigenvalue weighted by molar-refractivity contribution is 5.51. The molecular weight excluding hydrogens is 270 g/mol. The number of hydrogen-bond acceptors (Lipinski definition) is 1. The van der Waals surface area contributed by atoms with Crippen LogP contribution in [0, 0.1) is 12.7 Å². The van der Waals surface area contributed by atoms with E-state index in [0.29, 0.717) is 16.8 Å². The highest BCUT2D eigenvalue weighted by atomic mass is 19.4. The van der Waals surface area contributed by atoms with Crippen molar-refractivity contribution < 1.29 is 17.6 Å². The van der Waals surface area contributed by atoms with Crippen LogP contribution in [0.3, 0.4) is 0 Å². The van der Waals surface area contributed by atoms with Crippen molar-refractivity contribution in [2.45, 2.75) is 19.6 Å². The molecule has 2 aromatic rings. The first-order valence-electron chi connectivity index (χ1n) is 6.02. The van der Waals surface area contributed by atoms with E-state index in [1.54, 1.807) is 19.1 Å². The molecule has 1 nitrogen and oxygen atoms in total. The largest absolute Gasteiger partial charge is 0.416 e. The molecule has 0 aromatic heterocycles. The lowest BCUT2D eigenvalue weighted by atomic mass is 10.1. The van der Waals surface area contributed by atoms with Gasteiger partial charge >= 0.3 is 6.18 Å². The molecule has 5 heteroatoms. The Hall–Kier alpha value is -2.04. The van der Waals surface area contributed by atoms with Crippen LogP contribution in [0.2, 0.25) is 0 Å². The van der Waals surface area contributed by atoms with E-state index in [-0.39, 0.29) is 12.4 Å². The quantitative estimate of drug-likeness (QED) is 0.800. The molecule has 0 saturated heterocycles. The molecule has 0 unspecified atom stereocenters. The predicted octanol–water partition coefficient (Wildman–Crippen LogP) is 4.77. The van der Waals surface area contributed by atoms with Crippen molar-refractivity contribution in [2.75, 3.05) is 5.32 Å². The Labute approximate surface area is 114 Å². The molecule has 20 heavy (non-hydrogen) atoms. The van der Waals surface area contributed by atoms with Gasteiger partial charge < -0.3 is 5.32 Å². The molecule has 2 aromatic carbocycles. The van der Waals surface area contributed by atoms with Crippen molar-refractivity contribution in [1.82, 2.24) is 0 Å². The second-order valence-electron chi connectivity index (χ2n) is 4.51. The molecule has 0 atom stereocenters. The molecule has 0 radical (unpaired) electrons. The van der Waals surface area contributed by atoms with E-state index < -0.39 is 11.7 Å². The zero-order valence-electron chi connectivity index (χ0n) is 10.8. The second kappa shape index (κ2) is 5.53. The molecule has 0 fully saturated rings. The fourth-order valence-corrected chi connectivity index (χ4v) is 1.88. The molecule has 0 aliphatic carbocycles. The smallest absolute Gasteiger partial charge is 0.381 e. The number of aryl methyl sites for hydroxylation is 1. The van der Waals surface area contributed by atoms with Gasteiger partial charge in [0.2, 0.25) is 0 Å². The molecule has 0 aliphatic rings. The van der Waals surface area contributed by atoms with Gasteiger partial charge in [0, 0.05) is 12.2 Å². The topological polar surface area (TPSA) is 12.0 Å². The van der Waals surface area contributed by atoms with Gasteiger partial charge in [0.15, 0.2) is 0 Å². The van der Waals surface area contributed by atoms with Crippen molar-refractivity contribution in [1.29, 1.82) is 0 Å². The minimum absolute atomic E-state index is 0.246. The third-order valence-electron chi connectivity index (χ3n) is 2.93. The molecule has 1 N–H and O–H groups in total. The summed E-state index contributed by atoms with van der Waals surface area (Å²) < 4.78 is 50.7. The van der Waals surface area contributed by atoms with Gasteiger partial charge in [-0.25, -0.2) is 4.39 Å². The SMILES string of the molecule is Cc1cc(F)ccc1NCc1cccc(C(F)(F)F)c1.